The zero-order chi connectivity index (χ0) is 24.1. The van der Waals surface area contributed by atoms with Crippen molar-refractivity contribution < 1.29 is 14.5 Å². The second-order valence-corrected chi connectivity index (χ2v) is 8.40. The highest BCUT2D eigenvalue weighted by molar-refractivity contribution is 7.98. The quantitative estimate of drug-likeness (QED) is 0.188. The normalized spacial score (nSPS) is 11.5. The minimum Gasteiger partial charge on any atom is -0.508 e. The lowest BCUT2D eigenvalue weighted by atomic mass is 10.1. The van der Waals surface area contributed by atoms with Gasteiger partial charge in [-0.3, -0.25) is 4.79 Å². The minimum atomic E-state index is -0.558. The molecule has 0 aliphatic heterocycles. The van der Waals surface area contributed by atoms with Crippen molar-refractivity contribution in [1.29, 1.82) is 0 Å². The van der Waals surface area contributed by atoms with E-state index >= 15 is 0 Å². The number of hydrazone groups is 1. The molecule has 34 heavy (non-hydrogen) atoms. The molecule has 0 spiro atoms. The number of nitrogens with one attached hydrogen (secondary N) is 1. The Kier molecular flexibility index (Phi) is 7.09. The third kappa shape index (κ3) is 5.18. The third-order valence-electron chi connectivity index (χ3n) is 4.69. The lowest BCUT2D eigenvalue weighted by molar-refractivity contribution is 0.0949. The Morgan fingerprint density at radius 2 is 1.94 bits per heavy atom. The molecule has 0 unspecified atom stereocenters. The van der Waals surface area contributed by atoms with E-state index in [9.17, 15) is 9.90 Å². The van der Waals surface area contributed by atoms with E-state index in [1.165, 1.54) is 16.4 Å². The molecule has 0 radical (unpaired) electrons. The molecule has 0 aliphatic rings. The van der Waals surface area contributed by atoms with Crippen LogP contribution < -0.4 is 11.2 Å². The Hall–Kier alpha value is -3.90. The average molecular weight is 499 g/mol. The van der Waals surface area contributed by atoms with Gasteiger partial charge in [0, 0.05) is 15.7 Å². The maximum absolute atomic E-state index is 13.0. The van der Waals surface area contributed by atoms with Gasteiger partial charge in [-0.2, -0.15) is 9.78 Å². The first kappa shape index (κ1) is 23.3. The lowest BCUT2D eigenvalue weighted by Gasteiger charge is -2.07. The second-order valence-electron chi connectivity index (χ2n) is 6.91. The third-order valence-corrected chi connectivity index (χ3v) is 5.97. The fourth-order valence-corrected chi connectivity index (χ4v) is 3.99. The monoisotopic (exact) mass is 498 g/mol. The van der Waals surface area contributed by atoms with Crippen molar-refractivity contribution in [2.75, 3.05) is 5.73 Å². The fraction of sp³-hybridized carbons (Fsp3) is 0.143. The predicted octanol–water partition coefficient (Wildman–Crippen LogP) is 3.43. The number of hydrogen-bond donors (Lipinski definition) is 3. The van der Waals surface area contributed by atoms with Crippen LogP contribution in [0.25, 0.3) is 5.82 Å². The van der Waals surface area contributed by atoms with E-state index in [4.69, 9.17) is 17.3 Å². The summed E-state index contributed by atoms with van der Waals surface area (Å²) < 4.78 is 5.99. The molecule has 0 saturated heterocycles. The number of amides is 1. The second kappa shape index (κ2) is 10.4. The zero-order valence-corrected chi connectivity index (χ0v) is 19.4. The van der Waals surface area contributed by atoms with E-state index in [0.29, 0.717) is 28.6 Å². The largest absolute Gasteiger partial charge is 0.508 e. The van der Waals surface area contributed by atoms with Crippen molar-refractivity contribution in [3.63, 3.8) is 0 Å². The van der Waals surface area contributed by atoms with Gasteiger partial charge in [0.1, 0.15) is 5.75 Å². The molecule has 174 valence electrons. The number of nitrogen functional groups attached to an aromatic ring is 1. The van der Waals surface area contributed by atoms with E-state index in [0.717, 1.165) is 10.5 Å². The molecule has 4 N–H and O–H groups in total. The molecule has 0 saturated carbocycles. The van der Waals surface area contributed by atoms with E-state index in [2.05, 4.69) is 35.8 Å². The van der Waals surface area contributed by atoms with Gasteiger partial charge in [-0.1, -0.05) is 23.7 Å². The Labute approximate surface area is 202 Å². The van der Waals surface area contributed by atoms with Crippen LogP contribution in [-0.2, 0) is 5.75 Å². The molecule has 4 rings (SSSR count). The molecule has 0 atom stereocenters. The molecular weight excluding hydrogens is 480 g/mol. The number of nitrogens with two attached hydrogens (primary N) is 1. The number of carbonyl (C=O) groups is 1. The average Bonchev–Trinajstić information content (AvgIpc) is 3.45. The number of phenols is 1. The van der Waals surface area contributed by atoms with Gasteiger partial charge in [0.15, 0.2) is 5.69 Å². The van der Waals surface area contributed by atoms with E-state index in [1.807, 2.05) is 19.1 Å². The number of halogens is 1. The van der Waals surface area contributed by atoms with Crippen LogP contribution >= 0.6 is 23.4 Å². The first-order valence-corrected chi connectivity index (χ1v) is 11.4. The van der Waals surface area contributed by atoms with E-state index in [1.54, 1.807) is 36.4 Å². The van der Waals surface area contributed by atoms with Gasteiger partial charge in [-0.15, -0.1) is 16.9 Å². The summed E-state index contributed by atoms with van der Waals surface area (Å²) >= 11 is 7.41. The number of phenolic OH excluding ortho intramolecular Hbond substituents is 1. The van der Waals surface area contributed by atoms with Gasteiger partial charge in [0.25, 0.3) is 5.91 Å². The zero-order valence-electron chi connectivity index (χ0n) is 17.8. The van der Waals surface area contributed by atoms with Gasteiger partial charge < -0.3 is 10.8 Å². The maximum atomic E-state index is 13.0. The molecule has 2 aromatic carbocycles. The smallest absolute Gasteiger partial charge is 0.293 e. The van der Waals surface area contributed by atoms with Crippen LogP contribution in [0.1, 0.15) is 35.1 Å². The molecule has 11 nitrogen and oxygen atoms in total. The number of aromatic nitrogens is 5. The van der Waals surface area contributed by atoms with E-state index < -0.39 is 5.91 Å². The van der Waals surface area contributed by atoms with Gasteiger partial charge >= 0.3 is 0 Å². The number of thioether (sulfide) groups is 1. The van der Waals surface area contributed by atoms with Crippen molar-refractivity contribution >= 4 is 40.8 Å². The van der Waals surface area contributed by atoms with Gasteiger partial charge in [-0.25, -0.2) is 10.1 Å². The van der Waals surface area contributed by atoms with Crippen molar-refractivity contribution in [2.24, 2.45) is 5.10 Å². The summed E-state index contributed by atoms with van der Waals surface area (Å²) in [5.41, 5.74) is 10.2. The minimum absolute atomic E-state index is 0.00761. The number of nitrogens with zero attached hydrogens (tertiary/aromatic N) is 6. The summed E-state index contributed by atoms with van der Waals surface area (Å²) in [6.45, 7) is 1.91. The van der Waals surface area contributed by atoms with Crippen LogP contribution in [-0.4, -0.2) is 42.0 Å². The van der Waals surface area contributed by atoms with Crippen LogP contribution in [0.5, 0.6) is 5.75 Å². The molecule has 2 aromatic heterocycles. The first-order valence-electron chi connectivity index (χ1n) is 10.0. The topological polar surface area (TPSA) is 157 Å². The maximum Gasteiger partial charge on any atom is 0.293 e. The number of anilines is 1. The number of hydrogen-bond acceptors (Lipinski definition) is 10. The van der Waals surface area contributed by atoms with Crippen molar-refractivity contribution in [2.45, 2.75) is 24.0 Å². The van der Waals surface area contributed by atoms with Crippen LogP contribution in [0.15, 0.2) is 63.2 Å². The number of benzene rings is 2. The summed E-state index contributed by atoms with van der Waals surface area (Å²) in [5, 5.41) is 29.8. The first-order chi connectivity index (χ1) is 16.5. The number of aromatic hydroxyl groups is 1. The molecular formula is C21H19ClN8O3S. The summed E-state index contributed by atoms with van der Waals surface area (Å²) in [4.78, 5) is 13.9. The van der Waals surface area contributed by atoms with E-state index in [-0.39, 0.29) is 23.1 Å². The lowest BCUT2D eigenvalue weighted by Crippen LogP contribution is -2.22. The Balaban J connectivity index is 1.61. The molecule has 1 amide bonds. The van der Waals surface area contributed by atoms with Gasteiger partial charge in [-0.05, 0) is 70.8 Å². The predicted molar refractivity (Wildman–Crippen MR) is 127 cm³/mol. The number of rotatable bonds is 8. The highest BCUT2D eigenvalue weighted by atomic mass is 35.5. The Morgan fingerprint density at radius 3 is 2.59 bits per heavy atom. The summed E-state index contributed by atoms with van der Waals surface area (Å²) in [5.74, 6) is 0.0294. The summed E-state index contributed by atoms with van der Waals surface area (Å²) in [6.07, 6.45) is 0.554. The summed E-state index contributed by atoms with van der Waals surface area (Å²) in [6, 6.07) is 13.8. The molecule has 0 fully saturated rings. The Bertz CT molecular complexity index is 1320. The number of carbonyl (C=O) groups excluding carboxylic acids is 1. The van der Waals surface area contributed by atoms with Crippen molar-refractivity contribution in [1.82, 2.24) is 30.7 Å². The standard InChI is InChI=1S/C21H19ClN8O3S/c1-2-16(12-3-7-14(31)8-4-12)24-26-21(32)18-17(11-34-15-9-5-13(22)6-10-15)30(29-25-18)20-19(23)27-33-28-20/h3-10,31H,2,11H2,1H3,(H2,23,27)(H,26,32)/b24-16-. The highest BCUT2D eigenvalue weighted by Crippen LogP contribution is 2.27. The van der Waals surface area contributed by atoms with Crippen LogP contribution in [0, 0.1) is 0 Å². The SMILES string of the molecule is CC/C(=N/NC(=O)c1nnn(-c2nonc2N)c1CSc1ccc(Cl)cc1)c1ccc(O)cc1. The van der Waals surface area contributed by atoms with Crippen molar-refractivity contribution in [3.05, 3.63) is 70.5 Å². The molecule has 0 bridgehead atoms. The van der Waals surface area contributed by atoms with Gasteiger partial charge in [0.2, 0.25) is 11.6 Å². The molecule has 2 heterocycles. The molecule has 0 aliphatic carbocycles. The van der Waals surface area contributed by atoms with Crippen molar-refractivity contribution in [3.8, 4) is 11.6 Å². The van der Waals surface area contributed by atoms with Crippen LogP contribution in [0.3, 0.4) is 0 Å². The Morgan fingerprint density at radius 1 is 1.21 bits per heavy atom. The fourth-order valence-electron chi connectivity index (χ4n) is 2.97. The highest BCUT2D eigenvalue weighted by Gasteiger charge is 2.24. The molecule has 13 heteroatoms. The van der Waals surface area contributed by atoms with Crippen LogP contribution in [0.2, 0.25) is 5.02 Å². The summed E-state index contributed by atoms with van der Waals surface area (Å²) in [7, 11) is 0. The van der Waals surface area contributed by atoms with Crippen LogP contribution in [0.4, 0.5) is 5.82 Å². The molecule has 4 aromatic rings. The van der Waals surface area contributed by atoms with Gasteiger partial charge in [0.05, 0.1) is 11.4 Å².